The van der Waals surface area contributed by atoms with E-state index < -0.39 is 11.7 Å². The number of aryl methyl sites for hydroxylation is 2. The maximum absolute atomic E-state index is 13.0. The lowest BCUT2D eigenvalue weighted by molar-refractivity contribution is -0.137. The summed E-state index contributed by atoms with van der Waals surface area (Å²) in [5.41, 5.74) is 0.851. The fourth-order valence-electron chi connectivity index (χ4n) is 3.41. The third-order valence-electron chi connectivity index (χ3n) is 5.03. The number of H-pyrrole nitrogens is 1. The largest absolute Gasteiger partial charge is 0.454 e. The summed E-state index contributed by atoms with van der Waals surface area (Å²) in [6, 6.07) is 8.91. The lowest BCUT2D eigenvalue weighted by Gasteiger charge is -2.10. The molecule has 12 heteroatoms. The van der Waals surface area contributed by atoms with E-state index in [4.69, 9.17) is 14.9 Å². The molecule has 33 heavy (non-hydrogen) atoms. The van der Waals surface area contributed by atoms with E-state index in [1.165, 1.54) is 24.2 Å². The lowest BCUT2D eigenvalue weighted by atomic mass is 10.1. The molecule has 0 saturated heterocycles. The molecule has 5 rings (SSSR count). The molecular weight excluding hydrogens is 523 g/mol. The zero-order chi connectivity index (χ0) is 23.2. The Morgan fingerprint density at radius 2 is 1.97 bits per heavy atom. The van der Waals surface area contributed by atoms with Crippen LogP contribution in [-0.2, 0) is 19.1 Å². The highest BCUT2D eigenvalue weighted by Crippen LogP contribution is 2.42. The number of halogens is 4. The Kier molecular flexibility index (Phi) is 5.57. The number of ether oxygens (including phenoxy) is 2. The molecule has 0 saturated carbocycles. The minimum atomic E-state index is -4.39. The van der Waals surface area contributed by atoms with Gasteiger partial charge < -0.3 is 19.0 Å². The van der Waals surface area contributed by atoms with E-state index in [9.17, 15) is 13.2 Å². The minimum absolute atomic E-state index is 0.0319. The van der Waals surface area contributed by atoms with Crippen LogP contribution in [0.2, 0.25) is 0 Å². The molecule has 3 heterocycles. The normalized spacial score (nSPS) is 13.1. The number of nitrogens with one attached hydrogen (secondary N) is 2. The maximum Gasteiger partial charge on any atom is 0.416 e. The highest BCUT2D eigenvalue weighted by molar-refractivity contribution is 9.10. The van der Waals surface area contributed by atoms with Crippen LogP contribution in [0.5, 0.6) is 11.5 Å². The highest BCUT2D eigenvalue weighted by Gasteiger charge is 2.30. The number of rotatable bonds is 5. The second-order valence-electron chi connectivity index (χ2n) is 7.21. The fourth-order valence-corrected chi connectivity index (χ4v) is 4.79. The zero-order valence-corrected chi connectivity index (χ0v) is 19.1. The number of hydrogen-bond acceptors (Lipinski definition) is 6. The van der Waals surface area contributed by atoms with E-state index in [1.807, 2.05) is 12.1 Å². The number of aromatic nitrogens is 4. The molecule has 0 bridgehead atoms. The maximum atomic E-state index is 13.0. The van der Waals surface area contributed by atoms with Gasteiger partial charge in [-0.25, -0.2) is 9.97 Å². The van der Waals surface area contributed by atoms with Crippen molar-refractivity contribution >= 4 is 38.9 Å². The summed E-state index contributed by atoms with van der Waals surface area (Å²) in [5, 5.41) is 8.65. The quantitative estimate of drug-likeness (QED) is 0.368. The van der Waals surface area contributed by atoms with Crippen LogP contribution in [0.15, 0.2) is 57.3 Å². The van der Waals surface area contributed by atoms with Crippen LogP contribution in [-0.4, -0.2) is 26.3 Å². The van der Waals surface area contributed by atoms with Crippen molar-refractivity contribution in [3.8, 4) is 11.5 Å². The molecule has 0 radical (unpaired) electrons. The standard InChI is InChI=1S/C21H15BrF3N5O2S/c22-13-7-14-15(32-10-31-14)8-16(13)33-20-28-17-18(26)27-9-30(19(17)29-20)5-4-11-2-1-3-12(6-11)21(23,24)25/h1-3,6-9,26H,4-5,10H2,(H,28,29). The fraction of sp³-hybridized carbons (Fsp3) is 0.190. The average molecular weight is 538 g/mol. The van der Waals surface area contributed by atoms with Crippen molar-refractivity contribution in [1.82, 2.24) is 19.5 Å². The first-order valence-electron chi connectivity index (χ1n) is 9.71. The van der Waals surface area contributed by atoms with Crippen molar-refractivity contribution in [3.63, 3.8) is 0 Å². The minimum Gasteiger partial charge on any atom is -0.454 e. The Bertz CT molecular complexity index is 1420. The number of imidazole rings is 1. The van der Waals surface area contributed by atoms with Crippen molar-refractivity contribution in [2.24, 2.45) is 0 Å². The van der Waals surface area contributed by atoms with Gasteiger partial charge in [-0.05, 0) is 46.1 Å². The first kappa shape index (κ1) is 21.8. The molecule has 0 unspecified atom stereocenters. The first-order valence-corrected chi connectivity index (χ1v) is 11.3. The van der Waals surface area contributed by atoms with E-state index in [-0.39, 0.29) is 12.3 Å². The second-order valence-corrected chi connectivity index (χ2v) is 9.10. The first-order chi connectivity index (χ1) is 15.8. The van der Waals surface area contributed by atoms with Crippen LogP contribution >= 0.6 is 27.7 Å². The van der Waals surface area contributed by atoms with Crippen molar-refractivity contribution in [3.05, 3.63) is 63.8 Å². The van der Waals surface area contributed by atoms with E-state index in [1.54, 1.807) is 10.6 Å². The van der Waals surface area contributed by atoms with Crippen molar-refractivity contribution in [1.29, 1.82) is 5.41 Å². The molecule has 0 atom stereocenters. The summed E-state index contributed by atoms with van der Waals surface area (Å²) < 4.78 is 52.3. The van der Waals surface area contributed by atoms with Gasteiger partial charge in [0.1, 0.15) is 5.52 Å². The summed E-state index contributed by atoms with van der Waals surface area (Å²) in [4.78, 5) is 12.7. The van der Waals surface area contributed by atoms with Gasteiger partial charge in [-0.1, -0.05) is 30.0 Å². The van der Waals surface area contributed by atoms with Gasteiger partial charge in [-0.15, -0.1) is 0 Å². The van der Waals surface area contributed by atoms with Gasteiger partial charge in [0.05, 0.1) is 11.9 Å². The second kappa shape index (κ2) is 8.41. The van der Waals surface area contributed by atoms with Gasteiger partial charge in [-0.3, -0.25) is 5.41 Å². The Labute approximate surface area is 197 Å². The number of nitrogens with zero attached hydrogens (tertiary/aromatic N) is 3. The SMILES string of the molecule is N=c1ncn(CCc2cccc(C(F)(F)F)c2)c2nc(Sc3cc4c(cc3Br)OCO4)[nH]c12. The molecule has 2 N–H and O–H groups in total. The monoisotopic (exact) mass is 537 g/mol. The molecule has 4 aromatic rings. The molecule has 170 valence electrons. The van der Waals surface area contributed by atoms with Gasteiger partial charge in [0, 0.05) is 15.9 Å². The number of benzene rings is 2. The average Bonchev–Trinajstić information content (AvgIpc) is 3.40. The van der Waals surface area contributed by atoms with E-state index in [0.29, 0.717) is 46.3 Å². The molecule has 2 aromatic carbocycles. The topological polar surface area (TPSA) is 88.8 Å². The van der Waals surface area contributed by atoms with Gasteiger partial charge in [0.2, 0.25) is 6.79 Å². The van der Waals surface area contributed by atoms with Crippen LogP contribution in [0.4, 0.5) is 13.2 Å². The highest BCUT2D eigenvalue weighted by atomic mass is 79.9. The Morgan fingerprint density at radius 3 is 2.76 bits per heavy atom. The number of alkyl halides is 3. The van der Waals surface area contributed by atoms with E-state index in [0.717, 1.165) is 21.5 Å². The third-order valence-corrected chi connectivity index (χ3v) is 6.89. The van der Waals surface area contributed by atoms with Crippen molar-refractivity contribution in [2.45, 2.75) is 29.2 Å². The molecule has 1 aliphatic heterocycles. The van der Waals surface area contributed by atoms with Crippen LogP contribution < -0.4 is 15.0 Å². The summed E-state index contributed by atoms with van der Waals surface area (Å²) >= 11 is 4.86. The van der Waals surface area contributed by atoms with Gasteiger partial charge in [0.25, 0.3) is 0 Å². The smallest absolute Gasteiger partial charge is 0.416 e. The Morgan fingerprint density at radius 1 is 1.18 bits per heavy atom. The van der Waals surface area contributed by atoms with Crippen LogP contribution in [0.1, 0.15) is 11.1 Å². The van der Waals surface area contributed by atoms with Crippen molar-refractivity contribution in [2.75, 3.05) is 6.79 Å². The molecular formula is C21H15BrF3N5O2S. The number of fused-ring (bicyclic) bond motifs is 2. The molecule has 1 aliphatic rings. The molecule has 7 nitrogen and oxygen atoms in total. The predicted octanol–water partition coefficient (Wildman–Crippen LogP) is 5.14. The Balaban J connectivity index is 1.41. The summed E-state index contributed by atoms with van der Waals surface area (Å²) in [6.45, 7) is 0.522. The molecule has 0 fully saturated rings. The van der Waals surface area contributed by atoms with Gasteiger partial charge in [-0.2, -0.15) is 13.2 Å². The lowest BCUT2D eigenvalue weighted by Crippen LogP contribution is -2.14. The zero-order valence-electron chi connectivity index (χ0n) is 16.7. The van der Waals surface area contributed by atoms with Crippen LogP contribution in [0.25, 0.3) is 11.2 Å². The predicted molar refractivity (Wildman–Crippen MR) is 117 cm³/mol. The van der Waals surface area contributed by atoms with Gasteiger partial charge >= 0.3 is 6.18 Å². The van der Waals surface area contributed by atoms with E-state index >= 15 is 0 Å². The number of aromatic amines is 1. The third kappa shape index (κ3) is 4.44. The molecule has 0 amide bonds. The summed E-state index contributed by atoms with van der Waals surface area (Å²) in [6.07, 6.45) is -2.56. The van der Waals surface area contributed by atoms with Crippen molar-refractivity contribution < 1.29 is 22.6 Å². The van der Waals surface area contributed by atoms with E-state index in [2.05, 4.69) is 30.9 Å². The molecule has 0 aliphatic carbocycles. The molecule has 2 aromatic heterocycles. The molecule has 0 spiro atoms. The summed E-state index contributed by atoms with van der Waals surface area (Å²) in [5.74, 6) is 1.29. The summed E-state index contributed by atoms with van der Waals surface area (Å²) in [7, 11) is 0. The Hall–Kier alpha value is -2.99. The van der Waals surface area contributed by atoms with Crippen LogP contribution in [0, 0.1) is 5.41 Å². The van der Waals surface area contributed by atoms with Gasteiger partial charge in [0.15, 0.2) is 27.8 Å². The van der Waals surface area contributed by atoms with Crippen LogP contribution in [0.3, 0.4) is 0 Å². The number of hydrogen-bond donors (Lipinski definition) is 2.